The van der Waals surface area contributed by atoms with Crippen molar-refractivity contribution in [3.05, 3.63) is 12.3 Å². The summed E-state index contributed by atoms with van der Waals surface area (Å²) in [6.45, 7) is 4.68. The lowest BCUT2D eigenvalue weighted by molar-refractivity contribution is 0.548. The van der Waals surface area contributed by atoms with Crippen LogP contribution in [0.4, 0.5) is 5.82 Å². The van der Waals surface area contributed by atoms with Crippen molar-refractivity contribution in [1.29, 1.82) is 0 Å². The molecule has 1 aromatic heterocycles. The zero-order valence-corrected chi connectivity index (χ0v) is 7.83. The summed E-state index contributed by atoms with van der Waals surface area (Å²) in [5.41, 5.74) is 5.60. The molecule has 4 nitrogen and oxygen atoms in total. The maximum atomic E-state index is 5.79. The number of rotatable bonds is 3. The minimum Gasteiger partial charge on any atom is -0.367 e. The first-order valence-electron chi connectivity index (χ1n) is 4.00. The molecule has 0 fully saturated rings. The van der Waals surface area contributed by atoms with Gasteiger partial charge in [-0.25, -0.2) is 0 Å². The van der Waals surface area contributed by atoms with Gasteiger partial charge in [0.05, 0.1) is 0 Å². The number of anilines is 1. The first-order chi connectivity index (χ1) is 5.47. The van der Waals surface area contributed by atoms with Crippen LogP contribution in [0.5, 0.6) is 0 Å². The molecule has 0 saturated carbocycles. The Balaban J connectivity index is 2.44. The molecule has 12 heavy (non-hydrogen) atoms. The zero-order chi connectivity index (χ0) is 9.19. The van der Waals surface area contributed by atoms with E-state index in [1.165, 1.54) is 0 Å². The van der Waals surface area contributed by atoms with E-state index in [9.17, 15) is 0 Å². The van der Waals surface area contributed by atoms with Crippen LogP contribution in [0.2, 0.25) is 0 Å². The van der Waals surface area contributed by atoms with E-state index in [1.807, 2.05) is 33.2 Å². The second-order valence-electron chi connectivity index (χ2n) is 3.72. The summed E-state index contributed by atoms with van der Waals surface area (Å²) in [4.78, 5) is 0. The predicted octanol–water partition coefficient (Wildman–Crippen LogP) is 0.569. The molecule has 1 heterocycles. The lowest BCUT2D eigenvalue weighted by Gasteiger charge is -2.18. The Morgan fingerprint density at radius 1 is 1.67 bits per heavy atom. The molecular weight excluding hydrogens is 152 g/mol. The zero-order valence-electron chi connectivity index (χ0n) is 7.83. The molecule has 0 bridgehead atoms. The molecule has 0 amide bonds. The molecule has 1 rings (SSSR count). The van der Waals surface area contributed by atoms with E-state index in [4.69, 9.17) is 5.73 Å². The standard InChI is InChI=1S/C8H16N4/c1-8(2,9)6-10-7-4-5-12(3)11-7/h4-5H,6,9H2,1-3H3,(H,10,11). The van der Waals surface area contributed by atoms with Gasteiger partial charge in [-0.1, -0.05) is 0 Å². The van der Waals surface area contributed by atoms with E-state index in [0.717, 1.165) is 12.4 Å². The molecule has 0 aliphatic rings. The maximum Gasteiger partial charge on any atom is 0.148 e. The topological polar surface area (TPSA) is 55.9 Å². The van der Waals surface area contributed by atoms with Gasteiger partial charge in [0.15, 0.2) is 0 Å². The van der Waals surface area contributed by atoms with Crippen LogP contribution in [0.15, 0.2) is 12.3 Å². The van der Waals surface area contributed by atoms with Crippen LogP contribution in [0.1, 0.15) is 13.8 Å². The van der Waals surface area contributed by atoms with Crippen LogP contribution in [-0.2, 0) is 7.05 Å². The van der Waals surface area contributed by atoms with Crippen molar-refractivity contribution in [1.82, 2.24) is 9.78 Å². The average molecular weight is 168 g/mol. The molecule has 0 aliphatic heterocycles. The lowest BCUT2D eigenvalue weighted by atomic mass is 10.1. The van der Waals surface area contributed by atoms with Crippen LogP contribution in [0.3, 0.4) is 0 Å². The number of hydrogen-bond donors (Lipinski definition) is 2. The van der Waals surface area contributed by atoms with E-state index >= 15 is 0 Å². The third kappa shape index (κ3) is 2.92. The van der Waals surface area contributed by atoms with Gasteiger partial charge in [-0.15, -0.1) is 0 Å². The molecule has 0 atom stereocenters. The molecule has 0 aliphatic carbocycles. The van der Waals surface area contributed by atoms with Gasteiger partial charge in [0.25, 0.3) is 0 Å². The molecule has 4 heteroatoms. The third-order valence-electron chi connectivity index (χ3n) is 1.44. The predicted molar refractivity (Wildman–Crippen MR) is 50.0 cm³/mol. The molecule has 0 aromatic carbocycles. The van der Waals surface area contributed by atoms with Gasteiger partial charge in [0, 0.05) is 31.4 Å². The number of nitrogens with one attached hydrogen (secondary N) is 1. The highest BCUT2D eigenvalue weighted by molar-refractivity contribution is 5.32. The van der Waals surface area contributed by atoms with Crippen LogP contribution in [-0.4, -0.2) is 21.9 Å². The van der Waals surface area contributed by atoms with Gasteiger partial charge in [0.2, 0.25) is 0 Å². The van der Waals surface area contributed by atoms with Crippen molar-refractivity contribution in [2.45, 2.75) is 19.4 Å². The highest BCUT2D eigenvalue weighted by Gasteiger charge is 2.09. The third-order valence-corrected chi connectivity index (χ3v) is 1.44. The summed E-state index contributed by atoms with van der Waals surface area (Å²) in [5.74, 6) is 0.871. The van der Waals surface area contributed by atoms with E-state index < -0.39 is 0 Å². The fourth-order valence-corrected chi connectivity index (χ4v) is 0.828. The Morgan fingerprint density at radius 2 is 2.33 bits per heavy atom. The summed E-state index contributed by atoms with van der Waals surface area (Å²) in [5, 5.41) is 7.31. The highest BCUT2D eigenvalue weighted by atomic mass is 15.3. The average Bonchev–Trinajstić information content (AvgIpc) is 2.30. The van der Waals surface area contributed by atoms with Crippen LogP contribution in [0, 0.1) is 0 Å². The van der Waals surface area contributed by atoms with Crippen molar-refractivity contribution >= 4 is 5.82 Å². The van der Waals surface area contributed by atoms with Gasteiger partial charge in [0.1, 0.15) is 5.82 Å². The Kier molecular flexibility index (Phi) is 2.38. The largest absolute Gasteiger partial charge is 0.367 e. The van der Waals surface area contributed by atoms with E-state index in [1.54, 1.807) is 4.68 Å². The Bertz CT molecular complexity index is 246. The minimum absolute atomic E-state index is 0.197. The van der Waals surface area contributed by atoms with E-state index in [2.05, 4.69) is 10.4 Å². The van der Waals surface area contributed by atoms with Crippen LogP contribution < -0.4 is 11.1 Å². The maximum absolute atomic E-state index is 5.79. The number of aromatic nitrogens is 2. The van der Waals surface area contributed by atoms with Gasteiger partial charge >= 0.3 is 0 Å². The Morgan fingerprint density at radius 3 is 2.75 bits per heavy atom. The number of hydrogen-bond acceptors (Lipinski definition) is 3. The fourth-order valence-electron chi connectivity index (χ4n) is 0.828. The summed E-state index contributed by atoms with van der Waals surface area (Å²) >= 11 is 0. The highest BCUT2D eigenvalue weighted by Crippen LogP contribution is 2.03. The van der Waals surface area contributed by atoms with Gasteiger partial charge in [-0.05, 0) is 13.8 Å². The minimum atomic E-state index is -0.197. The van der Waals surface area contributed by atoms with Crippen LogP contribution in [0.25, 0.3) is 0 Å². The second kappa shape index (κ2) is 3.15. The first-order valence-corrected chi connectivity index (χ1v) is 4.00. The molecule has 3 N–H and O–H groups in total. The SMILES string of the molecule is Cn1ccc(NCC(C)(C)N)n1. The smallest absolute Gasteiger partial charge is 0.148 e. The Labute approximate surface area is 72.8 Å². The molecule has 1 aromatic rings. The van der Waals surface area contributed by atoms with Gasteiger partial charge in [-0.3, -0.25) is 4.68 Å². The summed E-state index contributed by atoms with van der Waals surface area (Å²) in [6, 6.07) is 1.92. The van der Waals surface area contributed by atoms with Crippen LogP contribution >= 0.6 is 0 Å². The summed E-state index contributed by atoms with van der Waals surface area (Å²) in [6.07, 6.45) is 1.89. The number of nitrogens with zero attached hydrogens (tertiary/aromatic N) is 2. The van der Waals surface area contributed by atoms with Crippen molar-refractivity contribution in [3.8, 4) is 0 Å². The quantitative estimate of drug-likeness (QED) is 0.693. The normalized spacial score (nSPS) is 11.7. The number of aryl methyl sites for hydroxylation is 1. The fraction of sp³-hybridized carbons (Fsp3) is 0.625. The van der Waals surface area contributed by atoms with Crippen molar-refractivity contribution < 1.29 is 0 Å². The molecule has 0 spiro atoms. The molecule has 0 unspecified atom stereocenters. The second-order valence-corrected chi connectivity index (χ2v) is 3.72. The molecular formula is C8H16N4. The number of nitrogens with two attached hydrogens (primary N) is 1. The first kappa shape index (κ1) is 9.06. The van der Waals surface area contributed by atoms with E-state index in [-0.39, 0.29) is 5.54 Å². The van der Waals surface area contributed by atoms with Gasteiger partial charge < -0.3 is 11.1 Å². The van der Waals surface area contributed by atoms with E-state index in [0.29, 0.717) is 0 Å². The van der Waals surface area contributed by atoms with Gasteiger partial charge in [-0.2, -0.15) is 5.10 Å². The lowest BCUT2D eigenvalue weighted by Crippen LogP contribution is -2.39. The van der Waals surface area contributed by atoms with Crippen molar-refractivity contribution in [2.24, 2.45) is 12.8 Å². The monoisotopic (exact) mass is 168 g/mol. The van der Waals surface area contributed by atoms with Crippen molar-refractivity contribution in [2.75, 3.05) is 11.9 Å². The van der Waals surface area contributed by atoms with Crippen molar-refractivity contribution in [3.63, 3.8) is 0 Å². The summed E-state index contributed by atoms with van der Waals surface area (Å²) in [7, 11) is 1.89. The molecule has 0 radical (unpaired) electrons. The Hall–Kier alpha value is -1.03. The molecule has 68 valence electrons. The molecule has 0 saturated heterocycles. The summed E-state index contributed by atoms with van der Waals surface area (Å²) < 4.78 is 1.76.